The number of carbonyl (C=O) groups is 2. The second kappa shape index (κ2) is 7.83. The normalized spacial score (nSPS) is 34.9. The van der Waals surface area contributed by atoms with Crippen LogP contribution in [-0.4, -0.2) is 73.2 Å². The molecule has 3 aliphatic rings. The molecule has 2 saturated heterocycles. The number of amides is 2. The molecule has 24 heavy (non-hydrogen) atoms. The number of ether oxygens (including phenoxy) is 2. The summed E-state index contributed by atoms with van der Waals surface area (Å²) in [4.78, 5) is 29.7. The maximum absolute atomic E-state index is 12.9. The first-order chi connectivity index (χ1) is 11.6. The monoisotopic (exact) mass is 338 g/mol. The molecule has 6 heteroatoms. The Morgan fingerprint density at radius 2 is 1.29 bits per heavy atom. The lowest BCUT2D eigenvalue weighted by Gasteiger charge is -2.40. The van der Waals surface area contributed by atoms with Gasteiger partial charge in [0.15, 0.2) is 0 Å². The Balaban J connectivity index is 1.61. The van der Waals surface area contributed by atoms with Gasteiger partial charge in [-0.25, -0.2) is 0 Å². The Morgan fingerprint density at radius 1 is 0.833 bits per heavy atom. The van der Waals surface area contributed by atoms with E-state index in [1.165, 1.54) is 0 Å². The molecular weight excluding hydrogens is 308 g/mol. The van der Waals surface area contributed by atoms with Gasteiger partial charge in [-0.1, -0.05) is 6.42 Å². The fourth-order valence-corrected chi connectivity index (χ4v) is 4.22. The highest BCUT2D eigenvalue weighted by molar-refractivity contribution is 5.83. The summed E-state index contributed by atoms with van der Waals surface area (Å²) in [5.74, 6) is 0.422. The molecule has 1 saturated carbocycles. The van der Waals surface area contributed by atoms with E-state index in [0.717, 1.165) is 19.3 Å². The van der Waals surface area contributed by atoms with Gasteiger partial charge < -0.3 is 19.3 Å². The number of morpholine rings is 2. The van der Waals surface area contributed by atoms with E-state index in [2.05, 4.69) is 0 Å². The van der Waals surface area contributed by atoms with Crippen LogP contribution in [-0.2, 0) is 19.1 Å². The van der Waals surface area contributed by atoms with E-state index < -0.39 is 0 Å². The molecule has 1 aliphatic carbocycles. The van der Waals surface area contributed by atoms with Crippen molar-refractivity contribution in [2.75, 3.05) is 39.5 Å². The molecule has 3 fully saturated rings. The van der Waals surface area contributed by atoms with Crippen LogP contribution in [0.15, 0.2) is 0 Å². The second-order valence-electron chi connectivity index (χ2n) is 7.47. The first kappa shape index (κ1) is 17.7. The van der Waals surface area contributed by atoms with Crippen LogP contribution in [0, 0.1) is 11.8 Å². The standard InChI is InChI=1S/C18H30N2O4/c1-13-11-23-8-6-19(13)17(21)15-4-3-5-16(10-15)18(22)20-7-9-24-12-14(20)2/h13-16H,3-12H2,1-2H3/t13-,14-,15-,16+/m1/s1. The summed E-state index contributed by atoms with van der Waals surface area (Å²) in [5, 5.41) is 0. The molecule has 136 valence electrons. The van der Waals surface area contributed by atoms with Gasteiger partial charge >= 0.3 is 0 Å². The highest BCUT2D eigenvalue weighted by atomic mass is 16.5. The van der Waals surface area contributed by atoms with Gasteiger partial charge in [0, 0.05) is 24.9 Å². The Kier molecular flexibility index (Phi) is 5.76. The van der Waals surface area contributed by atoms with Gasteiger partial charge in [-0.15, -0.1) is 0 Å². The average Bonchev–Trinajstić information content (AvgIpc) is 2.61. The molecule has 6 nitrogen and oxygen atoms in total. The fourth-order valence-electron chi connectivity index (χ4n) is 4.22. The van der Waals surface area contributed by atoms with Crippen molar-refractivity contribution >= 4 is 11.8 Å². The van der Waals surface area contributed by atoms with Gasteiger partial charge in [-0.05, 0) is 33.1 Å². The van der Waals surface area contributed by atoms with Gasteiger partial charge in [-0.3, -0.25) is 9.59 Å². The lowest BCUT2D eigenvalue weighted by Crippen LogP contribution is -2.52. The van der Waals surface area contributed by atoms with Gasteiger partial charge in [-0.2, -0.15) is 0 Å². The predicted molar refractivity (Wildman–Crippen MR) is 89.4 cm³/mol. The molecule has 0 unspecified atom stereocenters. The molecule has 0 aromatic heterocycles. The van der Waals surface area contributed by atoms with Crippen LogP contribution in [0.5, 0.6) is 0 Å². The van der Waals surface area contributed by atoms with Crippen LogP contribution in [0.25, 0.3) is 0 Å². The molecule has 2 aliphatic heterocycles. The molecule has 0 radical (unpaired) electrons. The summed E-state index contributed by atoms with van der Waals surface area (Å²) in [6, 6.07) is 0.281. The maximum Gasteiger partial charge on any atom is 0.226 e. The summed E-state index contributed by atoms with van der Waals surface area (Å²) < 4.78 is 10.9. The quantitative estimate of drug-likeness (QED) is 0.761. The molecule has 3 rings (SSSR count). The molecule has 4 atom stereocenters. The number of rotatable bonds is 2. The van der Waals surface area contributed by atoms with E-state index in [4.69, 9.17) is 9.47 Å². The molecule has 0 spiro atoms. The second-order valence-corrected chi connectivity index (χ2v) is 7.47. The molecule has 2 heterocycles. The van der Waals surface area contributed by atoms with Gasteiger partial charge in [0.05, 0.1) is 38.5 Å². The highest BCUT2D eigenvalue weighted by Crippen LogP contribution is 2.33. The topological polar surface area (TPSA) is 59.1 Å². The number of hydrogen-bond donors (Lipinski definition) is 0. The maximum atomic E-state index is 12.9. The average molecular weight is 338 g/mol. The number of nitrogens with zero attached hydrogens (tertiary/aromatic N) is 2. The molecule has 0 bridgehead atoms. The highest BCUT2D eigenvalue weighted by Gasteiger charge is 2.38. The van der Waals surface area contributed by atoms with Crippen molar-refractivity contribution in [1.82, 2.24) is 9.80 Å². The summed E-state index contributed by atoms with van der Waals surface area (Å²) in [6.07, 6.45) is 3.48. The van der Waals surface area contributed by atoms with Crippen LogP contribution in [0.1, 0.15) is 39.5 Å². The smallest absolute Gasteiger partial charge is 0.226 e. The Bertz CT molecular complexity index is 430. The molecular formula is C18H30N2O4. The Hall–Kier alpha value is -1.14. The zero-order valence-corrected chi connectivity index (χ0v) is 14.9. The molecule has 0 aromatic carbocycles. The number of hydrogen-bond acceptors (Lipinski definition) is 4. The van der Waals surface area contributed by atoms with Crippen molar-refractivity contribution in [3.63, 3.8) is 0 Å². The summed E-state index contributed by atoms with van der Waals surface area (Å²) in [7, 11) is 0. The lowest BCUT2D eigenvalue weighted by atomic mass is 9.79. The Labute approximate surface area is 144 Å². The zero-order chi connectivity index (χ0) is 17.1. The summed E-state index contributed by atoms with van der Waals surface area (Å²) in [5.41, 5.74) is 0. The zero-order valence-electron chi connectivity index (χ0n) is 14.9. The van der Waals surface area contributed by atoms with Gasteiger partial charge in [0.2, 0.25) is 11.8 Å². The van der Waals surface area contributed by atoms with E-state index in [9.17, 15) is 9.59 Å². The van der Waals surface area contributed by atoms with Crippen LogP contribution in [0.4, 0.5) is 0 Å². The number of carbonyl (C=O) groups excluding carboxylic acids is 2. The van der Waals surface area contributed by atoms with Crippen LogP contribution >= 0.6 is 0 Å². The van der Waals surface area contributed by atoms with Crippen molar-refractivity contribution < 1.29 is 19.1 Å². The van der Waals surface area contributed by atoms with E-state index in [1.54, 1.807) is 0 Å². The van der Waals surface area contributed by atoms with Gasteiger partial charge in [0.25, 0.3) is 0 Å². The summed E-state index contributed by atoms with van der Waals surface area (Å²) >= 11 is 0. The van der Waals surface area contributed by atoms with Crippen LogP contribution in [0.3, 0.4) is 0 Å². The van der Waals surface area contributed by atoms with E-state index >= 15 is 0 Å². The molecule has 2 amide bonds. The van der Waals surface area contributed by atoms with Crippen molar-refractivity contribution in [3.8, 4) is 0 Å². The minimum atomic E-state index is -0.00963. The van der Waals surface area contributed by atoms with Crippen molar-refractivity contribution in [2.45, 2.75) is 51.6 Å². The third kappa shape index (κ3) is 3.75. The van der Waals surface area contributed by atoms with Crippen LogP contribution < -0.4 is 0 Å². The first-order valence-corrected chi connectivity index (χ1v) is 9.34. The van der Waals surface area contributed by atoms with E-state index in [0.29, 0.717) is 45.9 Å². The lowest BCUT2D eigenvalue weighted by molar-refractivity contribution is -0.149. The van der Waals surface area contributed by atoms with Crippen LogP contribution in [0.2, 0.25) is 0 Å². The first-order valence-electron chi connectivity index (χ1n) is 9.34. The van der Waals surface area contributed by atoms with E-state index in [1.807, 2.05) is 23.6 Å². The van der Waals surface area contributed by atoms with Crippen molar-refractivity contribution in [2.24, 2.45) is 11.8 Å². The molecule has 0 aromatic rings. The van der Waals surface area contributed by atoms with E-state index in [-0.39, 0.29) is 35.7 Å². The molecule has 0 N–H and O–H groups in total. The minimum Gasteiger partial charge on any atom is -0.377 e. The van der Waals surface area contributed by atoms with Crippen molar-refractivity contribution in [1.29, 1.82) is 0 Å². The van der Waals surface area contributed by atoms with Crippen molar-refractivity contribution in [3.05, 3.63) is 0 Å². The summed E-state index contributed by atoms with van der Waals surface area (Å²) in [6.45, 7) is 7.91. The third-order valence-electron chi connectivity index (χ3n) is 5.67. The predicted octanol–water partition coefficient (Wildman–Crippen LogP) is 1.29. The third-order valence-corrected chi connectivity index (χ3v) is 5.67. The largest absolute Gasteiger partial charge is 0.377 e. The Morgan fingerprint density at radius 3 is 1.71 bits per heavy atom. The minimum absolute atomic E-state index is 0.00963. The van der Waals surface area contributed by atoms with Gasteiger partial charge in [0.1, 0.15) is 0 Å². The fraction of sp³-hybridized carbons (Fsp3) is 0.889. The SMILES string of the molecule is C[C@@H]1COCCN1C(=O)[C@@H]1CCC[C@H](C(=O)N2CCOC[C@H]2C)C1.